The zero-order valence-corrected chi connectivity index (χ0v) is 10.5. The number of fused-ring (bicyclic) bond motifs is 1. The predicted octanol–water partition coefficient (Wildman–Crippen LogP) is 3.46. The van der Waals surface area contributed by atoms with E-state index in [1.54, 1.807) is 0 Å². The fourth-order valence-corrected chi connectivity index (χ4v) is 3.31. The average Bonchev–Trinajstić information content (AvgIpc) is 2.67. The highest BCUT2D eigenvalue weighted by atomic mass is 16.4. The van der Waals surface area contributed by atoms with E-state index < -0.39 is 5.97 Å². The number of carbonyl (C=O) groups is 1. The van der Waals surface area contributed by atoms with E-state index in [-0.39, 0.29) is 11.8 Å². The zero-order chi connectivity index (χ0) is 12.4. The van der Waals surface area contributed by atoms with Gasteiger partial charge in [0.1, 0.15) is 0 Å². The van der Waals surface area contributed by atoms with Crippen LogP contribution in [0.15, 0.2) is 24.3 Å². The summed E-state index contributed by atoms with van der Waals surface area (Å²) in [6, 6.07) is 8.42. The molecule has 0 aliphatic heterocycles. The van der Waals surface area contributed by atoms with Gasteiger partial charge in [-0.05, 0) is 42.2 Å². The van der Waals surface area contributed by atoms with Crippen LogP contribution >= 0.6 is 0 Å². The molecule has 92 valence electrons. The van der Waals surface area contributed by atoms with Crippen LogP contribution in [0.25, 0.3) is 0 Å². The SMILES string of the molecule is CCC(C(=O)O)C1Cc2ccccc2C1CC. The fourth-order valence-electron chi connectivity index (χ4n) is 3.31. The van der Waals surface area contributed by atoms with Gasteiger partial charge in [0.15, 0.2) is 0 Å². The molecule has 2 heteroatoms. The van der Waals surface area contributed by atoms with Crippen molar-refractivity contribution in [2.75, 3.05) is 0 Å². The van der Waals surface area contributed by atoms with Crippen molar-refractivity contribution in [3.8, 4) is 0 Å². The molecular weight excluding hydrogens is 212 g/mol. The summed E-state index contributed by atoms with van der Waals surface area (Å²) >= 11 is 0. The lowest BCUT2D eigenvalue weighted by Gasteiger charge is -2.24. The quantitative estimate of drug-likeness (QED) is 0.863. The highest BCUT2D eigenvalue weighted by Crippen LogP contribution is 2.44. The summed E-state index contributed by atoms with van der Waals surface area (Å²) in [5, 5.41) is 9.33. The second-order valence-corrected chi connectivity index (χ2v) is 4.93. The average molecular weight is 232 g/mol. The molecule has 2 nitrogen and oxygen atoms in total. The zero-order valence-electron chi connectivity index (χ0n) is 10.5. The smallest absolute Gasteiger partial charge is 0.306 e. The topological polar surface area (TPSA) is 37.3 Å². The third-order valence-corrected chi connectivity index (χ3v) is 4.14. The van der Waals surface area contributed by atoms with E-state index in [1.165, 1.54) is 11.1 Å². The summed E-state index contributed by atoms with van der Waals surface area (Å²) in [4.78, 5) is 11.3. The van der Waals surface area contributed by atoms with Crippen molar-refractivity contribution in [1.29, 1.82) is 0 Å². The van der Waals surface area contributed by atoms with E-state index in [1.807, 2.05) is 6.92 Å². The van der Waals surface area contributed by atoms with Crippen LogP contribution in [-0.2, 0) is 11.2 Å². The summed E-state index contributed by atoms with van der Waals surface area (Å²) in [6.07, 6.45) is 2.69. The van der Waals surface area contributed by atoms with E-state index in [2.05, 4.69) is 31.2 Å². The van der Waals surface area contributed by atoms with Crippen LogP contribution in [0.5, 0.6) is 0 Å². The van der Waals surface area contributed by atoms with Crippen LogP contribution in [0.3, 0.4) is 0 Å². The Bertz CT molecular complexity index is 411. The van der Waals surface area contributed by atoms with Gasteiger partial charge in [0.2, 0.25) is 0 Å². The number of carboxylic acid groups (broad SMARTS) is 1. The van der Waals surface area contributed by atoms with Gasteiger partial charge in [0, 0.05) is 0 Å². The molecule has 1 N–H and O–H groups in total. The molecule has 2 rings (SSSR count). The lowest BCUT2D eigenvalue weighted by atomic mass is 9.79. The molecule has 0 radical (unpaired) electrons. The molecule has 0 bridgehead atoms. The van der Waals surface area contributed by atoms with E-state index in [0.717, 1.165) is 19.3 Å². The molecular formula is C15H20O2. The summed E-state index contributed by atoms with van der Waals surface area (Å²) in [5.41, 5.74) is 2.73. The Morgan fingerprint density at radius 2 is 2.12 bits per heavy atom. The lowest BCUT2D eigenvalue weighted by Crippen LogP contribution is -2.26. The van der Waals surface area contributed by atoms with Gasteiger partial charge < -0.3 is 5.11 Å². The van der Waals surface area contributed by atoms with Gasteiger partial charge in [0.25, 0.3) is 0 Å². The number of rotatable bonds is 4. The minimum Gasteiger partial charge on any atom is -0.481 e. The number of benzene rings is 1. The van der Waals surface area contributed by atoms with Crippen LogP contribution in [-0.4, -0.2) is 11.1 Å². The molecule has 17 heavy (non-hydrogen) atoms. The molecule has 0 spiro atoms. The number of hydrogen-bond donors (Lipinski definition) is 1. The van der Waals surface area contributed by atoms with E-state index in [4.69, 9.17) is 0 Å². The first-order chi connectivity index (χ1) is 8.19. The molecule has 1 aliphatic carbocycles. The Balaban J connectivity index is 2.31. The summed E-state index contributed by atoms with van der Waals surface area (Å²) in [6.45, 7) is 4.14. The van der Waals surface area contributed by atoms with Gasteiger partial charge in [-0.2, -0.15) is 0 Å². The van der Waals surface area contributed by atoms with E-state index in [0.29, 0.717) is 5.92 Å². The normalized spacial score (nSPS) is 24.4. The van der Waals surface area contributed by atoms with Crippen LogP contribution in [0.1, 0.15) is 43.7 Å². The maximum absolute atomic E-state index is 11.3. The largest absolute Gasteiger partial charge is 0.481 e. The second kappa shape index (κ2) is 4.91. The Hall–Kier alpha value is -1.31. The van der Waals surface area contributed by atoms with Crippen molar-refractivity contribution >= 4 is 5.97 Å². The highest BCUT2D eigenvalue weighted by molar-refractivity contribution is 5.71. The summed E-state index contributed by atoms with van der Waals surface area (Å²) in [7, 11) is 0. The molecule has 0 heterocycles. The van der Waals surface area contributed by atoms with Crippen molar-refractivity contribution in [3.05, 3.63) is 35.4 Å². The number of hydrogen-bond acceptors (Lipinski definition) is 1. The molecule has 0 saturated carbocycles. The summed E-state index contributed by atoms with van der Waals surface area (Å²) in [5.74, 6) is -0.136. The Labute approximate surface area is 103 Å². The maximum atomic E-state index is 11.3. The van der Waals surface area contributed by atoms with Crippen molar-refractivity contribution in [1.82, 2.24) is 0 Å². The minimum absolute atomic E-state index is 0.202. The van der Waals surface area contributed by atoms with Gasteiger partial charge >= 0.3 is 5.97 Å². The molecule has 3 unspecified atom stereocenters. The van der Waals surface area contributed by atoms with Gasteiger partial charge in [-0.3, -0.25) is 4.79 Å². The van der Waals surface area contributed by atoms with Gasteiger partial charge in [-0.1, -0.05) is 38.1 Å². The molecule has 1 aromatic carbocycles. The Morgan fingerprint density at radius 1 is 1.41 bits per heavy atom. The second-order valence-electron chi connectivity index (χ2n) is 4.93. The van der Waals surface area contributed by atoms with Crippen LogP contribution in [0.4, 0.5) is 0 Å². The van der Waals surface area contributed by atoms with E-state index >= 15 is 0 Å². The molecule has 0 amide bonds. The first kappa shape index (κ1) is 12.2. The highest BCUT2D eigenvalue weighted by Gasteiger charge is 2.38. The van der Waals surface area contributed by atoms with E-state index in [9.17, 15) is 9.90 Å². The monoisotopic (exact) mass is 232 g/mol. The molecule has 1 aromatic rings. The first-order valence-corrected chi connectivity index (χ1v) is 6.49. The molecule has 0 fully saturated rings. The van der Waals surface area contributed by atoms with Gasteiger partial charge in [-0.25, -0.2) is 0 Å². The van der Waals surface area contributed by atoms with Gasteiger partial charge in [0.05, 0.1) is 5.92 Å². The molecule has 0 saturated heterocycles. The van der Waals surface area contributed by atoms with Crippen molar-refractivity contribution in [2.24, 2.45) is 11.8 Å². The molecule has 1 aliphatic rings. The molecule has 3 atom stereocenters. The van der Waals surface area contributed by atoms with Crippen LogP contribution in [0, 0.1) is 11.8 Å². The first-order valence-electron chi connectivity index (χ1n) is 6.49. The molecule has 0 aromatic heterocycles. The minimum atomic E-state index is -0.635. The third kappa shape index (κ3) is 2.08. The van der Waals surface area contributed by atoms with Crippen molar-refractivity contribution in [2.45, 2.75) is 39.0 Å². The van der Waals surface area contributed by atoms with Gasteiger partial charge in [-0.15, -0.1) is 0 Å². The summed E-state index contributed by atoms with van der Waals surface area (Å²) < 4.78 is 0. The fraction of sp³-hybridized carbons (Fsp3) is 0.533. The van der Waals surface area contributed by atoms with Crippen LogP contribution in [0.2, 0.25) is 0 Å². The van der Waals surface area contributed by atoms with Crippen molar-refractivity contribution < 1.29 is 9.90 Å². The predicted molar refractivity (Wildman–Crippen MR) is 68.1 cm³/mol. The lowest BCUT2D eigenvalue weighted by molar-refractivity contribution is -0.144. The van der Waals surface area contributed by atoms with Crippen molar-refractivity contribution in [3.63, 3.8) is 0 Å². The Kier molecular flexibility index (Phi) is 3.51. The standard InChI is InChI=1S/C15H20O2/c1-3-11-13-8-6-5-7-10(13)9-14(11)12(4-2)15(16)17/h5-8,11-12,14H,3-4,9H2,1-2H3,(H,16,17). The number of carboxylic acids is 1. The Morgan fingerprint density at radius 3 is 2.71 bits per heavy atom. The maximum Gasteiger partial charge on any atom is 0.306 e. The van der Waals surface area contributed by atoms with Crippen LogP contribution < -0.4 is 0 Å². The third-order valence-electron chi connectivity index (χ3n) is 4.14. The number of aliphatic carboxylic acids is 1.